The van der Waals surface area contributed by atoms with Crippen LogP contribution in [0.2, 0.25) is 0 Å². The molecule has 0 aliphatic carbocycles. The summed E-state index contributed by atoms with van der Waals surface area (Å²) in [6, 6.07) is 14.5. The topological polar surface area (TPSA) is 26.0 Å². The molecule has 2 aromatic carbocycles. The van der Waals surface area contributed by atoms with E-state index in [1.165, 1.54) is 12.1 Å². The lowest BCUT2D eigenvalue weighted by Crippen LogP contribution is -2.04. The fraction of sp³-hybridized carbons (Fsp3) is 0.143. The Morgan fingerprint density at radius 2 is 1.29 bits per heavy atom. The van der Waals surface area contributed by atoms with E-state index >= 15 is 0 Å². The van der Waals surface area contributed by atoms with Crippen molar-refractivity contribution in [3.8, 4) is 11.1 Å². The highest BCUT2D eigenvalue weighted by atomic mass is 35.5. The molecule has 3 heteroatoms. The maximum atomic E-state index is 12.8. The summed E-state index contributed by atoms with van der Waals surface area (Å²) in [7, 11) is 0. The van der Waals surface area contributed by atoms with Crippen LogP contribution >= 0.6 is 12.4 Å². The molecule has 0 amide bonds. The Kier molecular flexibility index (Phi) is 4.67. The van der Waals surface area contributed by atoms with Crippen molar-refractivity contribution in [3.63, 3.8) is 0 Å². The second-order valence-corrected chi connectivity index (χ2v) is 3.92. The van der Waals surface area contributed by atoms with E-state index < -0.39 is 0 Å². The van der Waals surface area contributed by atoms with Gasteiger partial charge in [-0.05, 0) is 35.7 Å². The molecule has 17 heavy (non-hydrogen) atoms. The molecule has 0 unspecified atom stereocenters. The van der Waals surface area contributed by atoms with Crippen LogP contribution < -0.4 is 5.73 Å². The van der Waals surface area contributed by atoms with Crippen LogP contribution in [0.15, 0.2) is 48.5 Å². The van der Waals surface area contributed by atoms with Gasteiger partial charge in [-0.3, -0.25) is 0 Å². The van der Waals surface area contributed by atoms with Crippen LogP contribution in [-0.4, -0.2) is 0 Å². The van der Waals surface area contributed by atoms with Gasteiger partial charge in [-0.2, -0.15) is 0 Å². The van der Waals surface area contributed by atoms with Crippen molar-refractivity contribution in [2.24, 2.45) is 5.73 Å². The highest BCUT2D eigenvalue weighted by Crippen LogP contribution is 2.21. The lowest BCUT2D eigenvalue weighted by atomic mass is 10.0. The van der Waals surface area contributed by atoms with E-state index in [0.29, 0.717) is 0 Å². The summed E-state index contributed by atoms with van der Waals surface area (Å²) in [5.41, 5.74) is 8.96. The number of benzene rings is 2. The lowest BCUT2D eigenvalue weighted by molar-refractivity contribution is 0.628. The first kappa shape index (κ1) is 13.7. The third kappa shape index (κ3) is 3.29. The summed E-state index contributed by atoms with van der Waals surface area (Å²) in [6.45, 7) is 1.95. The summed E-state index contributed by atoms with van der Waals surface area (Å²) in [5, 5.41) is 0. The van der Waals surface area contributed by atoms with Gasteiger partial charge in [-0.15, -0.1) is 12.4 Å². The summed E-state index contributed by atoms with van der Waals surface area (Å²) >= 11 is 0. The standard InChI is InChI=1S/C14H14FN.ClH/c1-10(16)11-2-4-12(5-3-11)13-6-8-14(15)9-7-13;/h2-10H,16H2,1H3;1H/t10-;/m0./s1. The Morgan fingerprint density at radius 1 is 0.882 bits per heavy atom. The maximum Gasteiger partial charge on any atom is 0.123 e. The van der Waals surface area contributed by atoms with E-state index in [9.17, 15) is 4.39 Å². The summed E-state index contributed by atoms with van der Waals surface area (Å²) < 4.78 is 12.8. The van der Waals surface area contributed by atoms with Gasteiger partial charge in [0.25, 0.3) is 0 Å². The lowest BCUT2D eigenvalue weighted by Gasteiger charge is -2.07. The first-order valence-corrected chi connectivity index (χ1v) is 5.28. The van der Waals surface area contributed by atoms with Crippen LogP contribution in [0.3, 0.4) is 0 Å². The Balaban J connectivity index is 0.00000144. The highest BCUT2D eigenvalue weighted by Gasteiger charge is 2.01. The third-order valence-electron chi connectivity index (χ3n) is 2.61. The monoisotopic (exact) mass is 251 g/mol. The fourth-order valence-corrected chi connectivity index (χ4v) is 1.62. The third-order valence-corrected chi connectivity index (χ3v) is 2.61. The number of hydrogen-bond acceptors (Lipinski definition) is 1. The molecule has 1 atom stereocenters. The van der Waals surface area contributed by atoms with Gasteiger partial charge in [0.1, 0.15) is 5.82 Å². The van der Waals surface area contributed by atoms with Gasteiger partial charge in [-0.1, -0.05) is 36.4 Å². The van der Waals surface area contributed by atoms with E-state index in [2.05, 4.69) is 0 Å². The maximum absolute atomic E-state index is 12.8. The molecular weight excluding hydrogens is 237 g/mol. The number of rotatable bonds is 2. The average molecular weight is 252 g/mol. The minimum Gasteiger partial charge on any atom is -0.324 e. The highest BCUT2D eigenvalue weighted by molar-refractivity contribution is 5.85. The van der Waals surface area contributed by atoms with Crippen LogP contribution in [0.25, 0.3) is 11.1 Å². The molecule has 0 heterocycles. The minimum absolute atomic E-state index is 0. The van der Waals surface area contributed by atoms with Gasteiger partial charge in [0.05, 0.1) is 0 Å². The van der Waals surface area contributed by atoms with Gasteiger partial charge >= 0.3 is 0 Å². The molecule has 0 spiro atoms. The number of nitrogens with two attached hydrogens (primary N) is 1. The van der Waals surface area contributed by atoms with Crippen molar-refractivity contribution in [3.05, 3.63) is 59.9 Å². The summed E-state index contributed by atoms with van der Waals surface area (Å²) in [5.74, 6) is -0.212. The molecular formula is C14H15ClFN. The molecule has 1 nitrogen and oxygen atoms in total. The average Bonchev–Trinajstić information content (AvgIpc) is 2.30. The summed E-state index contributed by atoms with van der Waals surface area (Å²) in [4.78, 5) is 0. The predicted octanol–water partition coefficient (Wildman–Crippen LogP) is 3.93. The Labute approximate surface area is 107 Å². The zero-order valence-corrected chi connectivity index (χ0v) is 10.4. The molecule has 0 aromatic heterocycles. The van der Waals surface area contributed by atoms with Crippen LogP contribution in [0.5, 0.6) is 0 Å². The van der Waals surface area contributed by atoms with Crippen molar-refractivity contribution >= 4 is 12.4 Å². The van der Waals surface area contributed by atoms with Crippen LogP contribution in [0.4, 0.5) is 4.39 Å². The first-order valence-electron chi connectivity index (χ1n) is 5.28. The van der Waals surface area contributed by atoms with E-state index in [1.807, 2.05) is 31.2 Å². The van der Waals surface area contributed by atoms with Gasteiger partial charge in [-0.25, -0.2) is 4.39 Å². The molecule has 0 aliphatic heterocycles. The van der Waals surface area contributed by atoms with Crippen molar-refractivity contribution in [1.82, 2.24) is 0 Å². The quantitative estimate of drug-likeness (QED) is 0.860. The second kappa shape index (κ2) is 5.80. The normalized spacial score (nSPS) is 11.7. The van der Waals surface area contributed by atoms with E-state index in [4.69, 9.17) is 5.73 Å². The van der Waals surface area contributed by atoms with Crippen molar-refractivity contribution in [1.29, 1.82) is 0 Å². The zero-order chi connectivity index (χ0) is 11.5. The van der Waals surface area contributed by atoms with E-state index in [0.717, 1.165) is 16.7 Å². The first-order chi connectivity index (χ1) is 7.66. The van der Waals surface area contributed by atoms with Crippen LogP contribution in [0, 0.1) is 5.82 Å². The molecule has 90 valence electrons. The van der Waals surface area contributed by atoms with Gasteiger partial charge in [0.2, 0.25) is 0 Å². The van der Waals surface area contributed by atoms with Crippen molar-refractivity contribution < 1.29 is 4.39 Å². The molecule has 0 bridgehead atoms. The number of halogens is 2. The molecule has 2 rings (SSSR count). The van der Waals surface area contributed by atoms with Crippen LogP contribution in [-0.2, 0) is 0 Å². The Morgan fingerprint density at radius 3 is 1.71 bits per heavy atom. The molecule has 0 aliphatic rings. The molecule has 0 saturated heterocycles. The SMILES string of the molecule is C[C@H](N)c1ccc(-c2ccc(F)cc2)cc1.Cl. The molecule has 0 fully saturated rings. The second-order valence-electron chi connectivity index (χ2n) is 3.92. The molecule has 0 radical (unpaired) electrons. The smallest absolute Gasteiger partial charge is 0.123 e. The van der Waals surface area contributed by atoms with Crippen molar-refractivity contribution in [2.45, 2.75) is 13.0 Å². The van der Waals surface area contributed by atoms with Crippen LogP contribution in [0.1, 0.15) is 18.5 Å². The zero-order valence-electron chi connectivity index (χ0n) is 9.56. The van der Waals surface area contributed by atoms with Gasteiger partial charge in [0.15, 0.2) is 0 Å². The molecule has 2 aromatic rings. The Hall–Kier alpha value is -1.38. The Bertz CT molecular complexity index is 463. The van der Waals surface area contributed by atoms with Gasteiger partial charge in [0, 0.05) is 6.04 Å². The largest absolute Gasteiger partial charge is 0.324 e. The van der Waals surface area contributed by atoms with Crippen molar-refractivity contribution in [2.75, 3.05) is 0 Å². The predicted molar refractivity (Wildman–Crippen MR) is 71.7 cm³/mol. The summed E-state index contributed by atoms with van der Waals surface area (Å²) in [6.07, 6.45) is 0. The molecule has 2 N–H and O–H groups in total. The fourth-order valence-electron chi connectivity index (χ4n) is 1.62. The van der Waals surface area contributed by atoms with E-state index in [-0.39, 0.29) is 24.3 Å². The van der Waals surface area contributed by atoms with E-state index in [1.54, 1.807) is 12.1 Å². The molecule has 0 saturated carbocycles. The van der Waals surface area contributed by atoms with Gasteiger partial charge < -0.3 is 5.73 Å². The number of hydrogen-bond donors (Lipinski definition) is 1. The minimum atomic E-state index is -0.212.